The zero-order valence-electron chi connectivity index (χ0n) is 11.1. The molecule has 2 rings (SSSR count). The third-order valence-electron chi connectivity index (χ3n) is 4.44. The molecule has 0 aromatic rings. The van der Waals surface area contributed by atoms with E-state index in [0.717, 1.165) is 19.3 Å². The molecule has 0 saturated heterocycles. The van der Waals surface area contributed by atoms with E-state index in [1.165, 1.54) is 31.3 Å². The molecule has 0 aliphatic heterocycles. The SMILES string of the molecule is NC(C1=CCCCCCC1)C1CCCC(F)(F)C1. The van der Waals surface area contributed by atoms with Crippen LogP contribution in [-0.2, 0) is 0 Å². The summed E-state index contributed by atoms with van der Waals surface area (Å²) in [6.07, 6.45) is 10.8. The van der Waals surface area contributed by atoms with Crippen LogP contribution in [0.1, 0.15) is 64.2 Å². The Kier molecular flexibility index (Phi) is 4.77. The Labute approximate surface area is 109 Å². The fraction of sp³-hybridized carbons (Fsp3) is 0.867. The van der Waals surface area contributed by atoms with E-state index in [0.29, 0.717) is 6.42 Å². The predicted molar refractivity (Wildman–Crippen MR) is 70.7 cm³/mol. The van der Waals surface area contributed by atoms with Crippen LogP contribution in [0.2, 0.25) is 0 Å². The molecule has 104 valence electrons. The molecule has 0 spiro atoms. The van der Waals surface area contributed by atoms with E-state index in [-0.39, 0.29) is 24.8 Å². The number of hydrogen-bond acceptors (Lipinski definition) is 1. The van der Waals surface area contributed by atoms with Crippen LogP contribution in [0.5, 0.6) is 0 Å². The molecular formula is C15H25F2N. The highest BCUT2D eigenvalue weighted by Crippen LogP contribution is 2.39. The fourth-order valence-corrected chi connectivity index (χ4v) is 3.34. The normalized spacial score (nSPS) is 31.1. The first kappa shape index (κ1) is 14.0. The molecule has 1 nitrogen and oxygen atoms in total. The minimum Gasteiger partial charge on any atom is -0.324 e. The van der Waals surface area contributed by atoms with Crippen LogP contribution in [0, 0.1) is 5.92 Å². The Balaban J connectivity index is 1.98. The lowest BCUT2D eigenvalue weighted by molar-refractivity contribution is -0.0546. The molecule has 1 fully saturated rings. The summed E-state index contributed by atoms with van der Waals surface area (Å²) in [4.78, 5) is 0. The molecule has 0 radical (unpaired) electrons. The van der Waals surface area contributed by atoms with E-state index in [4.69, 9.17) is 5.73 Å². The van der Waals surface area contributed by atoms with Gasteiger partial charge >= 0.3 is 0 Å². The largest absolute Gasteiger partial charge is 0.324 e. The van der Waals surface area contributed by atoms with Crippen LogP contribution < -0.4 is 5.73 Å². The fourth-order valence-electron chi connectivity index (χ4n) is 3.34. The van der Waals surface area contributed by atoms with Crippen LogP contribution in [0.25, 0.3) is 0 Å². The molecular weight excluding hydrogens is 232 g/mol. The van der Waals surface area contributed by atoms with Crippen LogP contribution in [-0.4, -0.2) is 12.0 Å². The number of alkyl halides is 2. The molecule has 1 saturated carbocycles. The summed E-state index contributed by atoms with van der Waals surface area (Å²) < 4.78 is 26.9. The van der Waals surface area contributed by atoms with Gasteiger partial charge in [-0.1, -0.05) is 24.5 Å². The van der Waals surface area contributed by atoms with Gasteiger partial charge < -0.3 is 5.73 Å². The second-order valence-electron chi connectivity index (χ2n) is 5.97. The minimum absolute atomic E-state index is 0.00843. The van der Waals surface area contributed by atoms with Crippen molar-refractivity contribution in [2.24, 2.45) is 11.7 Å². The van der Waals surface area contributed by atoms with E-state index in [1.54, 1.807) is 0 Å². The van der Waals surface area contributed by atoms with E-state index in [9.17, 15) is 8.78 Å². The molecule has 2 atom stereocenters. The Morgan fingerprint density at radius 2 is 1.94 bits per heavy atom. The minimum atomic E-state index is -2.48. The van der Waals surface area contributed by atoms with Gasteiger partial charge in [-0.25, -0.2) is 8.78 Å². The van der Waals surface area contributed by atoms with E-state index < -0.39 is 5.92 Å². The molecule has 18 heavy (non-hydrogen) atoms. The third-order valence-corrected chi connectivity index (χ3v) is 4.44. The molecule has 0 aromatic heterocycles. The average molecular weight is 257 g/mol. The summed E-state index contributed by atoms with van der Waals surface area (Å²) in [5.41, 5.74) is 7.51. The molecule has 2 aliphatic rings. The van der Waals surface area contributed by atoms with Gasteiger partial charge in [-0.3, -0.25) is 0 Å². The molecule has 0 bridgehead atoms. The highest BCUT2D eigenvalue weighted by molar-refractivity contribution is 5.13. The lowest BCUT2D eigenvalue weighted by Crippen LogP contribution is -2.39. The first-order chi connectivity index (χ1) is 8.58. The quantitative estimate of drug-likeness (QED) is 0.728. The zero-order valence-corrected chi connectivity index (χ0v) is 11.1. The van der Waals surface area contributed by atoms with E-state index in [2.05, 4.69) is 6.08 Å². The highest BCUT2D eigenvalue weighted by Gasteiger charge is 2.38. The first-order valence-corrected chi connectivity index (χ1v) is 7.41. The molecule has 0 heterocycles. The Bertz CT molecular complexity index is 299. The molecule has 0 amide bonds. The van der Waals surface area contributed by atoms with Gasteiger partial charge in [0.25, 0.3) is 0 Å². The predicted octanol–water partition coefficient (Wildman–Crippen LogP) is 4.42. The van der Waals surface area contributed by atoms with Crippen LogP contribution >= 0.6 is 0 Å². The molecule has 2 unspecified atom stereocenters. The van der Waals surface area contributed by atoms with Crippen molar-refractivity contribution >= 4 is 0 Å². The van der Waals surface area contributed by atoms with Crippen molar-refractivity contribution in [2.75, 3.05) is 0 Å². The average Bonchev–Trinajstić information content (AvgIpc) is 2.26. The van der Waals surface area contributed by atoms with E-state index in [1.807, 2.05) is 0 Å². The maximum Gasteiger partial charge on any atom is 0.248 e. The van der Waals surface area contributed by atoms with Crippen LogP contribution in [0.4, 0.5) is 8.78 Å². The molecule has 3 heteroatoms. The summed E-state index contributed by atoms with van der Waals surface area (Å²) in [7, 11) is 0. The van der Waals surface area contributed by atoms with Gasteiger partial charge in [-0.05, 0) is 44.4 Å². The smallest absolute Gasteiger partial charge is 0.248 e. The lowest BCUT2D eigenvalue weighted by atomic mass is 9.78. The second-order valence-corrected chi connectivity index (χ2v) is 5.97. The second kappa shape index (κ2) is 6.14. The topological polar surface area (TPSA) is 26.0 Å². The van der Waals surface area contributed by atoms with Crippen molar-refractivity contribution < 1.29 is 8.78 Å². The first-order valence-electron chi connectivity index (χ1n) is 7.41. The van der Waals surface area contributed by atoms with Crippen molar-refractivity contribution in [3.05, 3.63) is 11.6 Å². The maximum absolute atomic E-state index is 13.5. The zero-order chi connectivity index (χ0) is 13.0. The number of halogens is 2. The van der Waals surface area contributed by atoms with Gasteiger partial charge in [0.2, 0.25) is 5.92 Å². The van der Waals surface area contributed by atoms with Crippen molar-refractivity contribution in [3.8, 4) is 0 Å². The summed E-state index contributed by atoms with van der Waals surface area (Å²) in [5.74, 6) is -2.50. The van der Waals surface area contributed by atoms with Crippen molar-refractivity contribution in [2.45, 2.75) is 76.2 Å². The van der Waals surface area contributed by atoms with Gasteiger partial charge in [-0.2, -0.15) is 0 Å². The summed E-state index contributed by atoms with van der Waals surface area (Å²) >= 11 is 0. The summed E-state index contributed by atoms with van der Waals surface area (Å²) in [6, 6.07) is -0.130. The van der Waals surface area contributed by atoms with Gasteiger partial charge in [0.1, 0.15) is 0 Å². The Morgan fingerprint density at radius 3 is 2.72 bits per heavy atom. The van der Waals surface area contributed by atoms with Gasteiger partial charge in [0.15, 0.2) is 0 Å². The number of nitrogens with two attached hydrogens (primary N) is 1. The van der Waals surface area contributed by atoms with Gasteiger partial charge in [0, 0.05) is 18.9 Å². The van der Waals surface area contributed by atoms with Crippen LogP contribution in [0.15, 0.2) is 11.6 Å². The maximum atomic E-state index is 13.5. The summed E-state index contributed by atoms with van der Waals surface area (Å²) in [6.45, 7) is 0. The number of rotatable bonds is 2. The number of hydrogen-bond donors (Lipinski definition) is 1. The van der Waals surface area contributed by atoms with Crippen molar-refractivity contribution in [3.63, 3.8) is 0 Å². The molecule has 2 N–H and O–H groups in total. The van der Waals surface area contributed by atoms with Crippen molar-refractivity contribution in [1.29, 1.82) is 0 Å². The Morgan fingerprint density at radius 1 is 1.17 bits per heavy atom. The van der Waals surface area contributed by atoms with E-state index >= 15 is 0 Å². The summed E-state index contributed by atoms with van der Waals surface area (Å²) in [5, 5.41) is 0. The number of allylic oxidation sites excluding steroid dienone is 1. The highest BCUT2D eigenvalue weighted by atomic mass is 19.3. The molecule has 2 aliphatic carbocycles. The monoisotopic (exact) mass is 257 g/mol. The standard InChI is InChI=1S/C15H25F2N/c16-15(17)10-6-9-13(11-15)14(18)12-7-4-2-1-3-5-8-12/h7,13-14H,1-6,8-11,18H2. The van der Waals surface area contributed by atoms with Gasteiger partial charge in [0.05, 0.1) is 0 Å². The lowest BCUT2D eigenvalue weighted by Gasteiger charge is -2.34. The van der Waals surface area contributed by atoms with Crippen LogP contribution in [0.3, 0.4) is 0 Å². The van der Waals surface area contributed by atoms with Gasteiger partial charge in [-0.15, -0.1) is 0 Å². The Hall–Kier alpha value is -0.440. The third kappa shape index (κ3) is 3.78. The molecule has 0 aromatic carbocycles. The van der Waals surface area contributed by atoms with Crippen molar-refractivity contribution in [1.82, 2.24) is 0 Å².